The van der Waals surface area contributed by atoms with E-state index in [-0.39, 0.29) is 25.0 Å². The molecule has 0 saturated heterocycles. The monoisotopic (exact) mass is 454 g/mol. The van der Waals surface area contributed by atoms with Crippen molar-refractivity contribution in [1.82, 2.24) is 30.4 Å². The molecule has 164 valence electrons. The van der Waals surface area contributed by atoms with Gasteiger partial charge in [-0.25, -0.2) is 9.50 Å². The summed E-state index contributed by atoms with van der Waals surface area (Å²) in [6.45, 7) is 3.20. The first-order valence-electron chi connectivity index (χ1n) is 9.17. The number of hydrogen-bond acceptors (Lipinski definition) is 5. The molecule has 0 aliphatic heterocycles. The fourth-order valence-corrected chi connectivity index (χ4v) is 3.09. The summed E-state index contributed by atoms with van der Waals surface area (Å²) in [5.74, 6) is -2.31. The fourth-order valence-electron chi connectivity index (χ4n) is 2.96. The van der Waals surface area contributed by atoms with E-state index in [9.17, 15) is 22.8 Å². The summed E-state index contributed by atoms with van der Waals surface area (Å²) >= 11 is 5.79. The first kappa shape index (κ1) is 22.5. The summed E-state index contributed by atoms with van der Waals surface area (Å²) in [6, 6.07) is 6.72. The van der Waals surface area contributed by atoms with Crippen molar-refractivity contribution in [3.63, 3.8) is 0 Å². The van der Waals surface area contributed by atoms with E-state index in [4.69, 9.17) is 11.6 Å². The van der Waals surface area contributed by atoms with Gasteiger partial charge in [-0.2, -0.15) is 18.2 Å². The number of amides is 2. The van der Waals surface area contributed by atoms with Gasteiger partial charge in [0, 0.05) is 22.8 Å². The van der Waals surface area contributed by atoms with Gasteiger partial charge in [0.25, 0.3) is 11.6 Å². The zero-order chi connectivity index (χ0) is 22.8. The first-order valence-corrected chi connectivity index (χ1v) is 9.54. The summed E-state index contributed by atoms with van der Waals surface area (Å²) in [5, 5.41) is 4.02. The Kier molecular flexibility index (Phi) is 6.44. The first-order chi connectivity index (χ1) is 14.5. The van der Waals surface area contributed by atoms with E-state index >= 15 is 0 Å². The highest BCUT2D eigenvalue weighted by Gasteiger charge is 2.36. The Labute approximate surface area is 179 Å². The standard InChI is InChI=1S/C19H18ClF3N6O2/c1-10-14(11(2)29-18(24-10)25-17(28-29)19(21,22)23)7-8-15(30)26-27-16(31)9-12-3-5-13(20)6-4-12/h3-6H,7-9H2,1-2H3,(H,26,30)(H,27,31). The Morgan fingerprint density at radius 3 is 2.35 bits per heavy atom. The van der Waals surface area contributed by atoms with Crippen molar-refractivity contribution >= 4 is 29.2 Å². The van der Waals surface area contributed by atoms with E-state index in [0.717, 1.165) is 10.1 Å². The van der Waals surface area contributed by atoms with Gasteiger partial charge in [0.05, 0.1) is 6.42 Å². The number of hydrogen-bond donors (Lipinski definition) is 2. The molecule has 3 aromatic rings. The summed E-state index contributed by atoms with van der Waals surface area (Å²) < 4.78 is 39.6. The second kappa shape index (κ2) is 8.88. The minimum Gasteiger partial charge on any atom is -0.273 e. The highest BCUT2D eigenvalue weighted by Crippen LogP contribution is 2.27. The van der Waals surface area contributed by atoms with Gasteiger partial charge in [0.2, 0.25) is 11.8 Å². The Hall–Kier alpha value is -3.21. The zero-order valence-electron chi connectivity index (χ0n) is 16.5. The number of carbonyl (C=O) groups is 2. The van der Waals surface area contributed by atoms with Crippen molar-refractivity contribution in [3.05, 3.63) is 57.6 Å². The number of aromatic nitrogens is 4. The number of hydrazine groups is 1. The van der Waals surface area contributed by atoms with Gasteiger partial charge < -0.3 is 0 Å². The molecule has 0 atom stereocenters. The molecule has 1 aromatic carbocycles. The molecule has 12 heteroatoms. The quantitative estimate of drug-likeness (QED) is 0.577. The number of nitrogens with one attached hydrogen (secondary N) is 2. The van der Waals surface area contributed by atoms with Crippen molar-refractivity contribution < 1.29 is 22.8 Å². The fraction of sp³-hybridized carbons (Fsp3) is 0.316. The summed E-state index contributed by atoms with van der Waals surface area (Å²) in [7, 11) is 0. The lowest BCUT2D eigenvalue weighted by molar-refractivity contribution is -0.144. The minimum absolute atomic E-state index is 0.0169. The number of carbonyl (C=O) groups excluding carboxylic acids is 2. The van der Waals surface area contributed by atoms with Crippen LogP contribution in [0.15, 0.2) is 24.3 Å². The van der Waals surface area contributed by atoms with Crippen LogP contribution in [0.1, 0.15) is 34.8 Å². The SMILES string of the molecule is Cc1nc2nc(C(F)(F)F)nn2c(C)c1CCC(=O)NNC(=O)Cc1ccc(Cl)cc1. The van der Waals surface area contributed by atoms with E-state index in [1.165, 1.54) is 0 Å². The van der Waals surface area contributed by atoms with Crippen LogP contribution in [-0.4, -0.2) is 31.4 Å². The van der Waals surface area contributed by atoms with Crippen LogP contribution in [0.3, 0.4) is 0 Å². The van der Waals surface area contributed by atoms with Crippen molar-refractivity contribution in [1.29, 1.82) is 0 Å². The van der Waals surface area contributed by atoms with Crippen LogP contribution in [0.5, 0.6) is 0 Å². The number of aryl methyl sites for hydroxylation is 2. The third-order valence-electron chi connectivity index (χ3n) is 4.52. The molecule has 8 nitrogen and oxygen atoms in total. The van der Waals surface area contributed by atoms with Gasteiger partial charge in [0.1, 0.15) is 0 Å². The highest BCUT2D eigenvalue weighted by atomic mass is 35.5. The number of alkyl halides is 3. The van der Waals surface area contributed by atoms with Crippen molar-refractivity contribution in [2.45, 2.75) is 39.3 Å². The third kappa shape index (κ3) is 5.48. The zero-order valence-corrected chi connectivity index (χ0v) is 17.3. The number of halogens is 4. The molecule has 3 rings (SSSR count). The normalized spacial score (nSPS) is 11.5. The van der Waals surface area contributed by atoms with E-state index in [2.05, 4.69) is 25.9 Å². The van der Waals surface area contributed by atoms with Crippen LogP contribution < -0.4 is 10.9 Å². The summed E-state index contributed by atoms with van der Waals surface area (Å²) in [6.07, 6.45) is -4.44. The summed E-state index contributed by atoms with van der Waals surface area (Å²) in [4.78, 5) is 31.5. The average molecular weight is 455 g/mol. The van der Waals surface area contributed by atoms with E-state index in [1.807, 2.05) is 0 Å². The molecule has 0 radical (unpaired) electrons. The lowest BCUT2D eigenvalue weighted by atomic mass is 10.1. The number of benzene rings is 1. The van der Waals surface area contributed by atoms with Gasteiger partial charge in [-0.15, -0.1) is 5.10 Å². The minimum atomic E-state index is -4.68. The van der Waals surface area contributed by atoms with Gasteiger partial charge in [0.15, 0.2) is 0 Å². The molecule has 0 fully saturated rings. The maximum Gasteiger partial charge on any atom is 0.453 e. The van der Waals surface area contributed by atoms with Crippen molar-refractivity contribution in [2.75, 3.05) is 0 Å². The summed E-state index contributed by atoms with van der Waals surface area (Å²) in [5.41, 5.74) is 6.80. The predicted molar refractivity (Wildman–Crippen MR) is 105 cm³/mol. The van der Waals surface area contributed by atoms with Gasteiger partial charge >= 0.3 is 6.18 Å². The molecule has 0 aliphatic rings. The van der Waals surface area contributed by atoms with Gasteiger partial charge in [-0.05, 0) is 43.5 Å². The molecule has 2 N–H and O–H groups in total. The Bertz CT molecular complexity index is 1130. The van der Waals surface area contributed by atoms with Crippen LogP contribution in [0.25, 0.3) is 5.78 Å². The van der Waals surface area contributed by atoms with Crippen LogP contribution >= 0.6 is 11.6 Å². The number of nitrogens with zero attached hydrogens (tertiary/aromatic N) is 4. The second-order valence-corrected chi connectivity index (χ2v) is 7.24. The van der Waals surface area contributed by atoms with E-state index in [0.29, 0.717) is 22.0 Å². The topological polar surface area (TPSA) is 101 Å². The van der Waals surface area contributed by atoms with Crippen LogP contribution in [0.4, 0.5) is 13.2 Å². The number of fused-ring (bicyclic) bond motifs is 1. The smallest absolute Gasteiger partial charge is 0.273 e. The molecule has 2 amide bonds. The molecule has 0 spiro atoms. The van der Waals surface area contributed by atoms with E-state index < -0.39 is 23.8 Å². The van der Waals surface area contributed by atoms with Gasteiger partial charge in [-0.1, -0.05) is 23.7 Å². The molecule has 0 aliphatic carbocycles. The maximum atomic E-state index is 12.9. The lowest BCUT2D eigenvalue weighted by Gasteiger charge is -2.11. The van der Waals surface area contributed by atoms with Crippen LogP contribution in [0, 0.1) is 13.8 Å². The molecule has 2 heterocycles. The van der Waals surface area contributed by atoms with Gasteiger partial charge in [-0.3, -0.25) is 20.4 Å². The second-order valence-electron chi connectivity index (χ2n) is 6.81. The van der Waals surface area contributed by atoms with E-state index in [1.54, 1.807) is 38.1 Å². The third-order valence-corrected chi connectivity index (χ3v) is 4.78. The Morgan fingerprint density at radius 2 is 1.71 bits per heavy atom. The lowest BCUT2D eigenvalue weighted by Crippen LogP contribution is -2.42. The largest absolute Gasteiger partial charge is 0.453 e. The molecule has 0 saturated carbocycles. The molecule has 0 unspecified atom stereocenters. The molecule has 31 heavy (non-hydrogen) atoms. The highest BCUT2D eigenvalue weighted by molar-refractivity contribution is 6.30. The molecule has 2 aromatic heterocycles. The number of rotatable bonds is 5. The molecular weight excluding hydrogens is 437 g/mol. The Balaban J connectivity index is 1.59. The Morgan fingerprint density at radius 1 is 1.06 bits per heavy atom. The molecule has 0 bridgehead atoms. The average Bonchev–Trinajstić information content (AvgIpc) is 3.13. The predicted octanol–water partition coefficient (Wildman–Crippen LogP) is 2.74. The van der Waals surface area contributed by atoms with Crippen molar-refractivity contribution in [2.24, 2.45) is 0 Å². The maximum absolute atomic E-state index is 12.9. The van der Waals surface area contributed by atoms with Crippen molar-refractivity contribution in [3.8, 4) is 0 Å². The van der Waals surface area contributed by atoms with Crippen LogP contribution in [-0.2, 0) is 28.6 Å². The molecular formula is C19H18ClF3N6O2. The van der Waals surface area contributed by atoms with Crippen LogP contribution in [0.2, 0.25) is 5.02 Å².